The number of hydrogen-bond acceptors (Lipinski definition) is 4. The largest absolute Gasteiger partial charge is 0.346 e. The Hall–Kier alpha value is -0.950. The van der Waals surface area contributed by atoms with Crippen molar-refractivity contribution in [3.8, 4) is 0 Å². The van der Waals surface area contributed by atoms with Crippen molar-refractivity contribution in [2.75, 3.05) is 6.26 Å². The summed E-state index contributed by atoms with van der Waals surface area (Å²) in [6, 6.07) is -1.50. The molecule has 6 nitrogen and oxygen atoms in total. The van der Waals surface area contributed by atoms with E-state index in [0.717, 1.165) is 6.26 Å². The van der Waals surface area contributed by atoms with E-state index in [9.17, 15) is 18.0 Å². The third kappa shape index (κ3) is 5.65. The number of sulfonamides is 1. The van der Waals surface area contributed by atoms with Crippen molar-refractivity contribution < 1.29 is 18.0 Å². The average Bonchev–Trinajstić information content (AvgIpc) is 2.00. The summed E-state index contributed by atoms with van der Waals surface area (Å²) in [4.78, 5) is 21.4. The molecule has 0 saturated heterocycles. The molecule has 0 aromatic carbocycles. The minimum atomic E-state index is -3.41. The van der Waals surface area contributed by atoms with Gasteiger partial charge < -0.3 is 10.1 Å². The van der Waals surface area contributed by atoms with Gasteiger partial charge in [0.25, 0.3) is 0 Å². The number of carbonyl (C=O) groups excluding carboxylic acids is 2. The van der Waals surface area contributed by atoms with Crippen molar-refractivity contribution >= 4 is 22.2 Å². The number of hydrogen-bond donors (Lipinski definition) is 2. The third-order valence-corrected chi connectivity index (χ3v) is 2.14. The van der Waals surface area contributed by atoms with Crippen molar-refractivity contribution in [2.24, 2.45) is 0 Å². The van der Waals surface area contributed by atoms with Gasteiger partial charge in [-0.1, -0.05) is 0 Å². The van der Waals surface area contributed by atoms with E-state index in [0.29, 0.717) is 6.29 Å². The fourth-order valence-electron chi connectivity index (χ4n) is 0.758. The smallest absolute Gasteiger partial charge is 0.238 e. The minimum Gasteiger partial charge on any atom is -0.346 e. The summed E-state index contributed by atoms with van der Waals surface area (Å²) in [5.74, 6) is -0.532. The first-order chi connectivity index (χ1) is 6.26. The quantitative estimate of drug-likeness (QED) is 0.561. The average molecular weight is 222 g/mol. The van der Waals surface area contributed by atoms with E-state index >= 15 is 0 Å². The molecule has 0 spiro atoms. The first-order valence-electron chi connectivity index (χ1n) is 3.99. The van der Waals surface area contributed by atoms with Crippen molar-refractivity contribution in [3.63, 3.8) is 0 Å². The highest BCUT2D eigenvalue weighted by molar-refractivity contribution is 7.88. The molecule has 0 radical (unpaired) electrons. The minimum absolute atomic E-state index is 0.532. The van der Waals surface area contributed by atoms with Crippen molar-refractivity contribution in [1.82, 2.24) is 10.0 Å². The molecular formula is C7H14N2O4S. The van der Waals surface area contributed by atoms with Crippen molar-refractivity contribution in [1.29, 1.82) is 0 Å². The Morgan fingerprint density at radius 3 is 2.21 bits per heavy atom. The van der Waals surface area contributed by atoms with Crippen molar-refractivity contribution in [3.05, 3.63) is 0 Å². The molecule has 2 N–H and O–H groups in total. The molecule has 0 aromatic heterocycles. The Balaban J connectivity index is 4.20. The molecule has 0 rings (SSSR count). The van der Waals surface area contributed by atoms with Gasteiger partial charge >= 0.3 is 0 Å². The van der Waals surface area contributed by atoms with Gasteiger partial charge in [-0.25, -0.2) is 13.1 Å². The first-order valence-corrected chi connectivity index (χ1v) is 5.88. The van der Waals surface area contributed by atoms with Gasteiger partial charge in [0.1, 0.15) is 6.29 Å². The van der Waals surface area contributed by atoms with E-state index in [1.165, 1.54) is 13.8 Å². The topological polar surface area (TPSA) is 92.3 Å². The monoisotopic (exact) mass is 222 g/mol. The molecule has 82 valence electrons. The summed E-state index contributed by atoms with van der Waals surface area (Å²) in [6.45, 7) is 2.89. The van der Waals surface area contributed by atoms with Crippen molar-refractivity contribution in [2.45, 2.75) is 25.9 Å². The molecule has 0 aromatic rings. The van der Waals surface area contributed by atoms with Crippen LogP contribution in [-0.2, 0) is 19.6 Å². The molecule has 0 aliphatic rings. The number of nitrogens with one attached hydrogen (secondary N) is 2. The highest BCUT2D eigenvalue weighted by Gasteiger charge is 2.17. The van der Waals surface area contributed by atoms with E-state index in [2.05, 4.69) is 10.0 Å². The van der Waals surface area contributed by atoms with Crippen LogP contribution in [0.3, 0.4) is 0 Å². The number of rotatable bonds is 5. The molecule has 2 unspecified atom stereocenters. The molecule has 0 saturated carbocycles. The predicted molar refractivity (Wildman–Crippen MR) is 51.1 cm³/mol. The zero-order valence-corrected chi connectivity index (χ0v) is 9.09. The SMILES string of the molecule is CC(C=O)NC(=O)C(C)NS(C)(=O)=O. The van der Waals surface area contributed by atoms with Crippen LogP contribution in [0.2, 0.25) is 0 Å². The van der Waals surface area contributed by atoms with E-state index < -0.39 is 28.0 Å². The standard InChI is InChI=1S/C7H14N2O4S/c1-5(4-10)8-7(11)6(2)9-14(3,12)13/h4-6,9H,1-3H3,(H,8,11). The molecule has 0 fully saturated rings. The third-order valence-electron chi connectivity index (χ3n) is 1.36. The van der Waals surface area contributed by atoms with Crippen LogP contribution in [0.5, 0.6) is 0 Å². The Bertz CT molecular complexity index is 312. The number of carbonyl (C=O) groups is 2. The summed E-state index contributed by atoms with van der Waals surface area (Å²) in [7, 11) is -3.41. The zero-order valence-electron chi connectivity index (χ0n) is 8.27. The molecule has 0 bridgehead atoms. The van der Waals surface area contributed by atoms with E-state index in [1.54, 1.807) is 0 Å². The van der Waals surface area contributed by atoms with Crippen LogP contribution >= 0.6 is 0 Å². The van der Waals surface area contributed by atoms with Gasteiger partial charge in [0.05, 0.1) is 18.3 Å². The van der Waals surface area contributed by atoms with Gasteiger partial charge in [0, 0.05) is 0 Å². The lowest BCUT2D eigenvalue weighted by Crippen LogP contribution is -2.47. The van der Waals surface area contributed by atoms with Gasteiger partial charge in [-0.15, -0.1) is 0 Å². The second kappa shape index (κ2) is 5.06. The van der Waals surface area contributed by atoms with Gasteiger partial charge in [-0.3, -0.25) is 4.79 Å². The fourth-order valence-corrected chi connectivity index (χ4v) is 1.51. The summed E-state index contributed by atoms with van der Waals surface area (Å²) in [5.41, 5.74) is 0. The maximum atomic E-state index is 11.2. The fraction of sp³-hybridized carbons (Fsp3) is 0.714. The molecular weight excluding hydrogens is 208 g/mol. The van der Waals surface area contributed by atoms with Gasteiger partial charge in [-0.05, 0) is 13.8 Å². The Kier molecular flexibility index (Phi) is 4.72. The van der Waals surface area contributed by atoms with Gasteiger partial charge in [0.15, 0.2) is 0 Å². The maximum Gasteiger partial charge on any atom is 0.238 e. The van der Waals surface area contributed by atoms with Crippen LogP contribution < -0.4 is 10.0 Å². The molecule has 0 aliphatic heterocycles. The lowest BCUT2D eigenvalue weighted by atomic mass is 10.3. The summed E-state index contributed by atoms with van der Waals surface area (Å²) >= 11 is 0. The second-order valence-corrected chi connectivity index (χ2v) is 4.83. The van der Waals surface area contributed by atoms with Crippen LogP contribution in [0.1, 0.15) is 13.8 Å². The van der Waals surface area contributed by atoms with E-state index in [-0.39, 0.29) is 0 Å². The van der Waals surface area contributed by atoms with E-state index in [4.69, 9.17) is 0 Å². The number of aldehydes is 1. The van der Waals surface area contributed by atoms with Crippen LogP contribution in [0.15, 0.2) is 0 Å². The normalized spacial score (nSPS) is 15.6. The van der Waals surface area contributed by atoms with Crippen LogP contribution in [-0.4, -0.2) is 39.0 Å². The summed E-state index contributed by atoms with van der Waals surface area (Å²) in [5, 5.41) is 2.32. The second-order valence-electron chi connectivity index (χ2n) is 3.05. The highest BCUT2D eigenvalue weighted by Crippen LogP contribution is 1.87. The highest BCUT2D eigenvalue weighted by atomic mass is 32.2. The lowest BCUT2D eigenvalue weighted by Gasteiger charge is -2.13. The zero-order chi connectivity index (χ0) is 11.4. The number of amides is 1. The van der Waals surface area contributed by atoms with Crippen LogP contribution in [0.4, 0.5) is 0 Å². The Labute approximate surface area is 83.1 Å². The van der Waals surface area contributed by atoms with E-state index in [1.807, 2.05) is 0 Å². The lowest BCUT2D eigenvalue weighted by molar-refractivity contribution is -0.124. The molecule has 7 heteroatoms. The van der Waals surface area contributed by atoms with Crippen LogP contribution in [0, 0.1) is 0 Å². The molecule has 14 heavy (non-hydrogen) atoms. The predicted octanol–water partition coefficient (Wildman–Crippen LogP) is -1.37. The summed E-state index contributed by atoms with van der Waals surface area (Å²) in [6.07, 6.45) is 1.52. The molecule has 0 heterocycles. The molecule has 1 amide bonds. The molecule has 0 aliphatic carbocycles. The first kappa shape index (κ1) is 13.1. The Morgan fingerprint density at radius 1 is 1.36 bits per heavy atom. The summed E-state index contributed by atoms with van der Waals surface area (Å²) < 4.78 is 23.6. The van der Waals surface area contributed by atoms with Gasteiger partial charge in [-0.2, -0.15) is 0 Å². The van der Waals surface area contributed by atoms with Gasteiger partial charge in [0.2, 0.25) is 15.9 Å². The Morgan fingerprint density at radius 2 is 1.86 bits per heavy atom. The maximum absolute atomic E-state index is 11.2. The molecule has 2 atom stereocenters. The van der Waals surface area contributed by atoms with Crippen LogP contribution in [0.25, 0.3) is 0 Å².